The average Bonchev–Trinajstić information content (AvgIpc) is 1.69. The molecule has 6 atom stereocenters. The Morgan fingerprint density at radius 2 is 0.805 bits per heavy atom. The first-order valence-corrected chi connectivity index (χ1v) is 46.1. The molecular weight excluding hydrogens is 1870 g/mol. The van der Waals surface area contributed by atoms with Gasteiger partial charge in [-0.1, -0.05) is 162 Å². The highest BCUT2D eigenvalue weighted by molar-refractivity contribution is 9.09. The van der Waals surface area contributed by atoms with Gasteiger partial charge in [-0.3, -0.25) is 54.8 Å². The molecule has 13 rings (SSSR count). The van der Waals surface area contributed by atoms with Crippen molar-refractivity contribution in [3.05, 3.63) is 340 Å². The molecule has 13 aromatic rings. The number of aliphatic hydroxyl groups excluding tert-OH is 1. The van der Waals surface area contributed by atoms with Gasteiger partial charge in [0.05, 0.1) is 92.9 Å². The number of aliphatic carboxylic acids is 1. The van der Waals surface area contributed by atoms with Crippen LogP contribution in [-0.2, 0) is 67.2 Å². The predicted molar refractivity (Wildman–Crippen MR) is 507 cm³/mol. The van der Waals surface area contributed by atoms with Crippen LogP contribution in [0.1, 0.15) is 94.2 Å². The molecule has 0 spiro atoms. The van der Waals surface area contributed by atoms with Crippen LogP contribution in [0.5, 0.6) is 0 Å². The number of aliphatic hydroxyl groups is 1. The number of carboxylic acid groups (broad SMARTS) is 1. The van der Waals surface area contributed by atoms with Crippen LogP contribution in [0, 0.1) is 40.5 Å². The van der Waals surface area contributed by atoms with Crippen molar-refractivity contribution in [1.29, 1.82) is 0 Å². The molecule has 0 saturated heterocycles. The number of Topliss-reactive ketones (excluding diaryl/α,β-unsaturated/α-hetero) is 1. The maximum absolute atomic E-state index is 13.5. The van der Waals surface area contributed by atoms with E-state index < -0.39 is 86.0 Å². The number of nitrogens with two attached hydrogens (primary N) is 3. The number of ketones is 1. The fourth-order valence-corrected chi connectivity index (χ4v) is 17.6. The van der Waals surface area contributed by atoms with Gasteiger partial charge >= 0.3 is 18.2 Å². The van der Waals surface area contributed by atoms with Gasteiger partial charge in [0.25, 0.3) is 22.7 Å². The minimum Gasteiger partial charge on any atom is -0.480 e. The number of carbonyl (C=O) groups excluding carboxylic acids is 5. The van der Waals surface area contributed by atoms with E-state index in [0.717, 1.165) is 73.7 Å². The number of thiocarbonyl (C=S) groups is 1. The van der Waals surface area contributed by atoms with Crippen LogP contribution in [0.25, 0.3) is 29.7 Å². The zero-order chi connectivity index (χ0) is 92.8. The number of carboxylic acids is 1. The Morgan fingerprint density at radius 3 is 1.14 bits per heavy atom. The van der Waals surface area contributed by atoms with E-state index in [1.165, 1.54) is 67.0 Å². The number of benzene rings is 6. The molecule has 0 radical (unpaired) electrons. The molecule has 0 saturated carbocycles. The van der Waals surface area contributed by atoms with Crippen LogP contribution >= 0.6 is 108 Å². The van der Waals surface area contributed by atoms with Crippen molar-refractivity contribution < 1.29 is 68.1 Å². The molecule has 0 fully saturated rings. The van der Waals surface area contributed by atoms with E-state index in [2.05, 4.69) is 47.2 Å². The van der Waals surface area contributed by atoms with E-state index in [-0.39, 0.29) is 65.2 Å². The first kappa shape index (κ1) is 101. The largest absolute Gasteiger partial charge is 0.480 e. The number of thiophene rings is 4. The highest BCUT2D eigenvalue weighted by Gasteiger charge is 2.29. The second-order valence-electron chi connectivity index (χ2n) is 28.3. The Balaban J connectivity index is 0.000000198. The smallest absolute Gasteiger partial charge is 0.408 e. The number of ether oxygens (including phenoxy) is 2. The highest BCUT2D eigenvalue weighted by atomic mass is 79.9. The summed E-state index contributed by atoms with van der Waals surface area (Å²) in [6, 6.07) is 55.5. The number of carbonyl (C=O) groups is 6. The van der Waals surface area contributed by atoms with E-state index >= 15 is 0 Å². The number of nitro groups is 4. The third-order valence-electron chi connectivity index (χ3n) is 17.7. The summed E-state index contributed by atoms with van der Waals surface area (Å²) in [7, 11) is 1.24. The van der Waals surface area contributed by atoms with E-state index in [0.29, 0.717) is 35.5 Å². The minimum atomic E-state index is -1.12. The molecule has 0 unspecified atom stereocenters. The fourth-order valence-electron chi connectivity index (χ4n) is 11.4. The summed E-state index contributed by atoms with van der Waals surface area (Å²) in [6.45, 7) is 4.47. The number of alkyl carbamates (subject to hydrolysis) is 2. The van der Waals surface area contributed by atoms with E-state index in [4.69, 9.17) is 54.1 Å². The first-order chi connectivity index (χ1) is 61.2. The van der Waals surface area contributed by atoms with Crippen molar-refractivity contribution >= 4 is 171 Å². The number of non-ortho nitro benzene ring substituents is 4. The zero-order valence-electron chi connectivity index (χ0n) is 68.7. The number of thiazole rings is 3. The molecule has 0 aliphatic carbocycles. The zero-order valence-corrected chi connectivity index (χ0v) is 76.8. The highest BCUT2D eigenvalue weighted by Crippen LogP contribution is 2.34. The van der Waals surface area contributed by atoms with Gasteiger partial charge in [-0.25, -0.2) is 29.3 Å². The standard InChI is InChI=1S/C26H24N4O5S2.C15H19BrN2O5.2C15H13N3O2S2.C11H13NO4.C5H5NS2/c1-35-26(32)29-21(15-17-6-3-2-4-7-17)24(31)27-20(14-18-9-11-19(12-10-18)30(33)34)22-16-37-25(28-22)23-8-5-13-36-23;1-15(2,3)23-14(20)17-12(13(19)9-16)8-10-4-6-11(7-5-10)18(21)22;2*16-12(8-10-3-5-11(6-4-10)18(19)20)13-9-22-15(17-13)14-2-1-7-21-14;13-7-10(14)12-9(11(15)16)6-8-4-2-1-3-5-8;6-5(7)4-2-1-3-8-4/h2-13,16,20-21H,14-15H2,1H3,(H,27,31)(H,29,32);4-7,12H,8-9H2,1-3H3,(H,17,20);2*1-7,9,12H,8,16H2;1-5,9,13H,6-7H2,(H,12,14)(H,15,16);1-3H,(H2,6,7)/t20-,21-;3*12-;9-;/m00000./s1. The summed E-state index contributed by atoms with van der Waals surface area (Å²) in [5, 5.41) is 87.5. The molecule has 6 aromatic carbocycles. The number of alkyl halides is 1. The van der Waals surface area contributed by atoms with Crippen LogP contribution in [0.15, 0.2) is 244 Å². The molecular formula is C87H87BrN14O18S8. The number of rotatable bonds is 32. The van der Waals surface area contributed by atoms with Crippen LogP contribution < -0.4 is 38.5 Å². The van der Waals surface area contributed by atoms with Crippen LogP contribution in [0.3, 0.4) is 0 Å². The van der Waals surface area contributed by atoms with Gasteiger partial charge in [-0.05, 0) is 126 Å². The van der Waals surface area contributed by atoms with Crippen molar-refractivity contribution in [3.63, 3.8) is 0 Å². The summed E-state index contributed by atoms with van der Waals surface area (Å²) in [5.74, 6) is -2.42. The summed E-state index contributed by atoms with van der Waals surface area (Å²) < 4.78 is 9.88. The molecule has 7 aromatic heterocycles. The lowest BCUT2D eigenvalue weighted by Crippen LogP contribution is -2.49. The van der Waals surface area contributed by atoms with Crippen LogP contribution in [0.4, 0.5) is 32.3 Å². The number of nitrogens with zero attached hydrogens (tertiary/aromatic N) is 7. The van der Waals surface area contributed by atoms with Gasteiger partial charge in [0, 0.05) is 77.5 Å². The first-order valence-electron chi connectivity index (χ1n) is 38.4. The minimum absolute atomic E-state index is 0.0109. The SMILES string of the molecule is CC(C)(C)OC(=O)N[C@@H](Cc1ccc([N+](=O)[O-])cc1)C(=O)CBr.COC(=O)N[C@@H](Cc1ccccc1)C(=O)N[C@@H](Cc1ccc([N+](=O)[O-])cc1)c1csc(-c2cccs2)n1.NC(=S)c1cccs1.N[C@@H](Cc1ccc([N+](=O)[O-])cc1)c1csc(-c2cccs2)n1.N[C@@H](Cc1ccc([N+](=O)[O-])cc1)c1csc(-c2cccs2)n1.O=C(CO)N[C@@H](Cc1ccccc1)C(=O)O. The van der Waals surface area contributed by atoms with Crippen LogP contribution in [0.2, 0.25) is 0 Å². The van der Waals surface area contributed by atoms with E-state index in [1.54, 1.807) is 162 Å². The third-order valence-corrected chi connectivity index (χ3v) is 25.2. The number of aromatic nitrogens is 3. The second-order valence-corrected chi connectivity index (χ2v) is 35.6. The lowest BCUT2D eigenvalue weighted by molar-refractivity contribution is -0.385. The third kappa shape index (κ3) is 34.0. The maximum atomic E-state index is 13.5. The van der Waals surface area contributed by atoms with Gasteiger partial charge in [-0.15, -0.1) is 79.4 Å². The van der Waals surface area contributed by atoms with Crippen molar-refractivity contribution in [2.75, 3.05) is 19.0 Å². The number of hydrogen-bond donors (Lipinski definition) is 9. The van der Waals surface area contributed by atoms with Crippen molar-refractivity contribution in [3.8, 4) is 29.7 Å². The van der Waals surface area contributed by atoms with Gasteiger partial charge in [0.1, 0.15) is 44.3 Å². The number of hydrogen-bond acceptors (Lipinski definition) is 30. The summed E-state index contributed by atoms with van der Waals surface area (Å²) >= 11 is 18.9. The quantitative estimate of drug-likeness (QED) is 0.00818. The molecule has 668 valence electrons. The van der Waals surface area contributed by atoms with Gasteiger partial charge in [0.15, 0.2) is 5.78 Å². The van der Waals surface area contributed by atoms with E-state index in [9.17, 15) is 69.2 Å². The van der Waals surface area contributed by atoms with Crippen molar-refractivity contribution in [2.45, 2.75) is 101 Å². The maximum Gasteiger partial charge on any atom is 0.408 e. The molecule has 4 amide bonds. The number of methoxy groups -OCH3 is 1. The number of nitro benzene ring substituents is 4. The molecule has 7 heterocycles. The lowest BCUT2D eigenvalue weighted by atomic mass is 10.0. The normalized spacial score (nSPS) is 12.0. The van der Waals surface area contributed by atoms with Gasteiger partial charge in [-0.2, -0.15) is 0 Å². The molecule has 0 aliphatic heterocycles. The van der Waals surface area contributed by atoms with Crippen LogP contribution in [-0.4, -0.2) is 128 Å². The monoisotopic (exact) mass is 1950 g/mol. The average molecular weight is 1950 g/mol. The second kappa shape index (κ2) is 51.3. The molecule has 128 heavy (non-hydrogen) atoms. The number of amides is 4. The molecule has 32 nitrogen and oxygen atoms in total. The number of halogens is 1. The van der Waals surface area contributed by atoms with Gasteiger partial charge in [0.2, 0.25) is 11.8 Å². The van der Waals surface area contributed by atoms with Crippen molar-refractivity contribution in [1.82, 2.24) is 36.2 Å². The Morgan fingerprint density at radius 1 is 0.453 bits per heavy atom. The van der Waals surface area contributed by atoms with E-state index in [1.807, 2.05) is 123 Å². The predicted octanol–water partition coefficient (Wildman–Crippen LogP) is 17.4. The lowest BCUT2D eigenvalue weighted by Gasteiger charge is -2.23. The summed E-state index contributed by atoms with van der Waals surface area (Å²) in [5.41, 5.74) is 24.7. The molecule has 0 aliphatic rings. The molecule has 0 bridgehead atoms. The van der Waals surface area contributed by atoms with Gasteiger partial charge < -0.3 is 58.2 Å². The number of nitrogens with one attached hydrogen (secondary N) is 4. The molecule has 41 heteroatoms. The Labute approximate surface area is 776 Å². The molecule has 12 N–H and O–H groups in total. The summed E-state index contributed by atoms with van der Waals surface area (Å²) in [4.78, 5) is 131. The Kier molecular flexibility index (Phi) is 40.5. The summed E-state index contributed by atoms with van der Waals surface area (Å²) in [6.07, 6.45) is 0.855. The Bertz CT molecular complexity index is 5580. The Hall–Kier alpha value is -12.5. The fraction of sp³-hybridized carbons (Fsp3) is 0.218. The van der Waals surface area contributed by atoms with Crippen molar-refractivity contribution in [2.24, 2.45) is 17.2 Å². The topological polar surface area (TPSA) is 499 Å².